The Kier molecular flexibility index (Phi) is 7.41. The smallest absolute Gasteiger partial charge is 0.254 e. The van der Waals surface area contributed by atoms with Gasteiger partial charge in [-0.1, -0.05) is 42.5 Å². The highest BCUT2D eigenvalue weighted by atomic mass is 19.1. The van der Waals surface area contributed by atoms with Gasteiger partial charge in [0.15, 0.2) is 17.7 Å². The van der Waals surface area contributed by atoms with Crippen molar-refractivity contribution in [1.82, 2.24) is 5.32 Å². The molecule has 0 bridgehead atoms. The van der Waals surface area contributed by atoms with E-state index in [2.05, 4.69) is 5.32 Å². The van der Waals surface area contributed by atoms with Gasteiger partial charge in [-0.3, -0.25) is 10.2 Å². The van der Waals surface area contributed by atoms with Gasteiger partial charge in [-0.2, -0.15) is 0 Å². The number of benzene rings is 3. The van der Waals surface area contributed by atoms with E-state index < -0.39 is 17.8 Å². The predicted molar refractivity (Wildman–Crippen MR) is 119 cm³/mol. The Labute approximate surface area is 185 Å². The summed E-state index contributed by atoms with van der Waals surface area (Å²) in [5, 5.41) is 10.2. The molecule has 0 aliphatic rings. The molecule has 0 aromatic heterocycles. The van der Waals surface area contributed by atoms with E-state index in [0.717, 1.165) is 5.56 Å². The Bertz CT molecular complexity index is 1090. The van der Waals surface area contributed by atoms with Gasteiger partial charge in [0.25, 0.3) is 5.91 Å². The lowest BCUT2D eigenvalue weighted by molar-refractivity contribution is -0.131. The SMILES string of the molecule is COc1ccc([C@H](OC)C(=O)NCc2ccc(C(=N)N)cc2)c(F)c1Oc1ccccc1. The lowest BCUT2D eigenvalue weighted by Crippen LogP contribution is -2.30. The number of hydrogen-bond donors (Lipinski definition) is 3. The Balaban J connectivity index is 1.80. The van der Waals surface area contributed by atoms with Crippen molar-refractivity contribution in [3.63, 3.8) is 0 Å². The summed E-state index contributed by atoms with van der Waals surface area (Å²) in [7, 11) is 2.73. The first-order valence-corrected chi connectivity index (χ1v) is 9.77. The molecule has 0 saturated carbocycles. The van der Waals surface area contributed by atoms with E-state index in [0.29, 0.717) is 11.3 Å². The van der Waals surface area contributed by atoms with Gasteiger partial charge in [-0.25, -0.2) is 4.39 Å². The van der Waals surface area contributed by atoms with Crippen LogP contribution in [0.4, 0.5) is 4.39 Å². The summed E-state index contributed by atoms with van der Waals surface area (Å²) in [4.78, 5) is 12.8. The van der Waals surface area contributed by atoms with E-state index in [4.69, 9.17) is 25.4 Å². The van der Waals surface area contributed by atoms with Crippen LogP contribution in [-0.2, 0) is 16.1 Å². The van der Waals surface area contributed by atoms with Crippen molar-refractivity contribution < 1.29 is 23.4 Å². The number of amidine groups is 1. The van der Waals surface area contributed by atoms with Gasteiger partial charge in [0.1, 0.15) is 11.6 Å². The summed E-state index contributed by atoms with van der Waals surface area (Å²) in [5.74, 6) is -0.821. The lowest BCUT2D eigenvalue weighted by atomic mass is 10.1. The summed E-state index contributed by atoms with van der Waals surface area (Å²) in [6.07, 6.45) is -1.20. The van der Waals surface area contributed by atoms with Crippen LogP contribution in [0.1, 0.15) is 22.8 Å². The van der Waals surface area contributed by atoms with Crippen molar-refractivity contribution in [3.8, 4) is 17.2 Å². The fourth-order valence-corrected chi connectivity index (χ4v) is 3.08. The minimum absolute atomic E-state index is 0.0173. The molecule has 0 spiro atoms. The Morgan fingerprint density at radius 3 is 2.34 bits per heavy atom. The first-order chi connectivity index (χ1) is 15.4. The lowest BCUT2D eigenvalue weighted by Gasteiger charge is -2.19. The molecular weight excluding hydrogens is 413 g/mol. The molecule has 0 heterocycles. The van der Waals surface area contributed by atoms with Crippen LogP contribution in [0.5, 0.6) is 17.2 Å². The third-order valence-corrected chi connectivity index (χ3v) is 4.76. The maximum atomic E-state index is 15.4. The molecule has 4 N–H and O–H groups in total. The van der Waals surface area contributed by atoms with Gasteiger partial charge < -0.3 is 25.3 Å². The zero-order valence-electron chi connectivity index (χ0n) is 17.7. The van der Waals surface area contributed by atoms with Crippen LogP contribution in [0.2, 0.25) is 0 Å². The highest BCUT2D eigenvalue weighted by Gasteiger charge is 2.27. The molecule has 1 amide bonds. The summed E-state index contributed by atoms with van der Waals surface area (Å²) in [6.45, 7) is 0.196. The predicted octanol–water partition coefficient (Wildman–Crippen LogP) is 3.91. The van der Waals surface area contributed by atoms with Crippen molar-refractivity contribution in [2.24, 2.45) is 5.73 Å². The van der Waals surface area contributed by atoms with E-state index in [9.17, 15) is 4.79 Å². The molecule has 0 aliphatic heterocycles. The summed E-state index contributed by atoms with van der Waals surface area (Å²) in [5.41, 5.74) is 6.84. The number of methoxy groups -OCH3 is 2. The Hall–Kier alpha value is -3.91. The van der Waals surface area contributed by atoms with Crippen LogP contribution >= 0.6 is 0 Å². The molecule has 3 aromatic rings. The monoisotopic (exact) mass is 437 g/mol. The average molecular weight is 437 g/mol. The number of para-hydroxylation sites is 1. The van der Waals surface area contributed by atoms with Crippen LogP contribution in [0.15, 0.2) is 66.7 Å². The fourth-order valence-electron chi connectivity index (χ4n) is 3.08. The third kappa shape index (κ3) is 5.22. The van der Waals surface area contributed by atoms with E-state index in [-0.39, 0.29) is 29.4 Å². The van der Waals surface area contributed by atoms with Gasteiger partial charge in [0.2, 0.25) is 5.75 Å². The van der Waals surface area contributed by atoms with E-state index >= 15 is 4.39 Å². The zero-order chi connectivity index (χ0) is 23.1. The van der Waals surface area contributed by atoms with Crippen LogP contribution in [-0.4, -0.2) is 26.0 Å². The molecule has 0 saturated heterocycles. The quantitative estimate of drug-likeness (QED) is 0.348. The van der Waals surface area contributed by atoms with Gasteiger partial charge in [0.05, 0.1) is 7.11 Å². The van der Waals surface area contributed by atoms with Crippen molar-refractivity contribution in [2.75, 3.05) is 14.2 Å². The molecule has 0 unspecified atom stereocenters. The third-order valence-electron chi connectivity index (χ3n) is 4.76. The summed E-state index contributed by atoms with van der Waals surface area (Å²) in [6, 6.07) is 18.5. The van der Waals surface area contributed by atoms with Gasteiger partial charge >= 0.3 is 0 Å². The summed E-state index contributed by atoms with van der Waals surface area (Å²) >= 11 is 0. The normalized spacial score (nSPS) is 11.5. The van der Waals surface area contributed by atoms with E-state index in [1.807, 2.05) is 6.07 Å². The minimum Gasteiger partial charge on any atom is -0.493 e. The number of rotatable bonds is 9. The van der Waals surface area contributed by atoms with Crippen LogP contribution in [0.3, 0.4) is 0 Å². The minimum atomic E-state index is -1.20. The molecule has 0 radical (unpaired) electrons. The number of halogens is 1. The zero-order valence-corrected chi connectivity index (χ0v) is 17.7. The van der Waals surface area contributed by atoms with Crippen molar-refractivity contribution in [1.29, 1.82) is 5.41 Å². The maximum absolute atomic E-state index is 15.4. The molecule has 0 fully saturated rings. The molecule has 32 heavy (non-hydrogen) atoms. The largest absolute Gasteiger partial charge is 0.493 e. The van der Waals surface area contributed by atoms with Crippen molar-refractivity contribution in [2.45, 2.75) is 12.6 Å². The van der Waals surface area contributed by atoms with Crippen LogP contribution in [0.25, 0.3) is 0 Å². The van der Waals surface area contributed by atoms with Gasteiger partial charge in [-0.15, -0.1) is 0 Å². The number of nitrogens with two attached hydrogens (primary N) is 1. The first kappa shape index (κ1) is 22.8. The molecular formula is C24H24FN3O4. The molecule has 8 heteroatoms. The molecule has 7 nitrogen and oxygen atoms in total. The first-order valence-electron chi connectivity index (χ1n) is 9.77. The second kappa shape index (κ2) is 10.4. The van der Waals surface area contributed by atoms with Crippen LogP contribution in [0, 0.1) is 11.2 Å². The molecule has 1 atom stereocenters. The molecule has 3 rings (SSSR count). The van der Waals surface area contributed by atoms with E-state index in [1.54, 1.807) is 48.5 Å². The second-order valence-electron chi connectivity index (χ2n) is 6.86. The number of nitrogens with one attached hydrogen (secondary N) is 2. The fraction of sp³-hybridized carbons (Fsp3) is 0.167. The average Bonchev–Trinajstić information content (AvgIpc) is 2.81. The molecule has 166 valence electrons. The number of hydrogen-bond acceptors (Lipinski definition) is 5. The maximum Gasteiger partial charge on any atom is 0.254 e. The second-order valence-corrected chi connectivity index (χ2v) is 6.86. The van der Waals surface area contributed by atoms with Crippen LogP contribution < -0.4 is 20.5 Å². The molecule has 0 aliphatic carbocycles. The topological polar surface area (TPSA) is 107 Å². The highest BCUT2D eigenvalue weighted by molar-refractivity contribution is 5.94. The van der Waals surface area contributed by atoms with Crippen molar-refractivity contribution >= 4 is 11.7 Å². The van der Waals surface area contributed by atoms with Gasteiger partial charge in [-0.05, 0) is 29.8 Å². The Morgan fingerprint density at radius 2 is 1.75 bits per heavy atom. The number of carbonyl (C=O) groups is 1. The van der Waals surface area contributed by atoms with Gasteiger partial charge in [0, 0.05) is 24.8 Å². The number of carbonyl (C=O) groups excluding carboxylic acids is 1. The number of amides is 1. The van der Waals surface area contributed by atoms with Crippen molar-refractivity contribution in [3.05, 3.63) is 89.2 Å². The Morgan fingerprint density at radius 1 is 1.06 bits per heavy atom. The highest BCUT2D eigenvalue weighted by Crippen LogP contribution is 2.38. The number of ether oxygens (including phenoxy) is 3. The summed E-state index contributed by atoms with van der Waals surface area (Å²) < 4.78 is 31.6. The van der Waals surface area contributed by atoms with E-state index in [1.165, 1.54) is 26.4 Å². The number of nitrogen functional groups attached to an aromatic ring is 1. The standard InChI is InChI=1S/C24H24FN3O4/c1-30-19-13-12-18(20(25)22(19)32-17-6-4-3-5-7-17)21(31-2)24(29)28-14-15-8-10-16(11-9-15)23(26)27/h3-13,21H,14H2,1-2H3,(H3,26,27)(H,28,29)/t21-/m0/s1. The molecule has 3 aromatic carbocycles.